The van der Waals surface area contributed by atoms with Crippen LogP contribution in [0.3, 0.4) is 0 Å². The van der Waals surface area contributed by atoms with Gasteiger partial charge in [0.1, 0.15) is 0 Å². The second-order valence-electron chi connectivity index (χ2n) is 4.86. The fourth-order valence-electron chi connectivity index (χ4n) is 2.12. The fourth-order valence-corrected chi connectivity index (χ4v) is 2.12. The second kappa shape index (κ2) is 7.41. The number of aromatic hydroxyl groups is 2. The van der Waals surface area contributed by atoms with E-state index in [4.69, 9.17) is 14.2 Å². The maximum atomic E-state index is 12.2. The number of ketones is 1. The monoisotopic (exact) mass is 330 g/mol. The summed E-state index contributed by atoms with van der Waals surface area (Å²) < 4.78 is 15.3. The van der Waals surface area contributed by atoms with Crippen molar-refractivity contribution >= 4 is 11.9 Å². The van der Waals surface area contributed by atoms with Gasteiger partial charge >= 0.3 is 0 Å². The summed E-state index contributed by atoms with van der Waals surface area (Å²) in [7, 11) is 4.41. The number of rotatable bonds is 6. The van der Waals surface area contributed by atoms with E-state index in [2.05, 4.69) is 0 Å². The molecule has 6 nitrogen and oxygen atoms in total. The molecule has 0 aromatic heterocycles. The summed E-state index contributed by atoms with van der Waals surface area (Å²) in [6.07, 6.45) is 2.97. The van der Waals surface area contributed by atoms with Gasteiger partial charge in [-0.15, -0.1) is 0 Å². The maximum Gasteiger partial charge on any atom is 0.200 e. The van der Waals surface area contributed by atoms with Gasteiger partial charge in [0.15, 0.2) is 28.8 Å². The average molecular weight is 330 g/mol. The van der Waals surface area contributed by atoms with Gasteiger partial charge in [-0.1, -0.05) is 12.1 Å². The molecule has 0 fully saturated rings. The van der Waals surface area contributed by atoms with Gasteiger partial charge in [0, 0.05) is 5.56 Å². The number of allylic oxidation sites excluding steroid dienone is 1. The Labute approximate surface area is 139 Å². The van der Waals surface area contributed by atoms with Crippen LogP contribution in [0.4, 0.5) is 0 Å². The summed E-state index contributed by atoms with van der Waals surface area (Å²) in [5.41, 5.74) is 0.940. The highest BCUT2D eigenvalue weighted by Gasteiger charge is 2.13. The highest BCUT2D eigenvalue weighted by Crippen LogP contribution is 2.36. The van der Waals surface area contributed by atoms with Gasteiger partial charge in [0.25, 0.3) is 0 Å². The molecule has 0 aliphatic carbocycles. The third kappa shape index (κ3) is 3.60. The third-order valence-corrected chi connectivity index (χ3v) is 3.39. The molecule has 0 unspecified atom stereocenters. The molecule has 0 heterocycles. The Bertz CT molecular complexity index is 779. The fraction of sp³-hybridized carbons (Fsp3) is 0.167. The van der Waals surface area contributed by atoms with Crippen LogP contribution in [0.25, 0.3) is 6.08 Å². The molecule has 6 heteroatoms. The van der Waals surface area contributed by atoms with E-state index in [0.29, 0.717) is 11.5 Å². The average Bonchev–Trinajstić information content (AvgIpc) is 2.61. The zero-order chi connectivity index (χ0) is 17.7. The molecule has 0 saturated carbocycles. The van der Waals surface area contributed by atoms with Gasteiger partial charge in [-0.3, -0.25) is 4.79 Å². The molecule has 2 rings (SSSR count). The first kappa shape index (κ1) is 17.2. The van der Waals surface area contributed by atoms with E-state index >= 15 is 0 Å². The van der Waals surface area contributed by atoms with Crippen LogP contribution in [0.1, 0.15) is 15.9 Å². The van der Waals surface area contributed by atoms with Crippen LogP contribution in [0, 0.1) is 0 Å². The van der Waals surface area contributed by atoms with Crippen molar-refractivity contribution in [2.75, 3.05) is 21.3 Å². The Hall–Kier alpha value is -3.15. The number of methoxy groups -OCH3 is 3. The number of carbonyl (C=O) groups is 1. The molecule has 0 radical (unpaired) electrons. The number of ether oxygens (including phenoxy) is 3. The smallest absolute Gasteiger partial charge is 0.200 e. The maximum absolute atomic E-state index is 12.2. The molecular weight excluding hydrogens is 312 g/mol. The Kier molecular flexibility index (Phi) is 5.31. The van der Waals surface area contributed by atoms with E-state index in [9.17, 15) is 15.0 Å². The minimum atomic E-state index is -0.419. The van der Waals surface area contributed by atoms with Crippen molar-refractivity contribution in [3.05, 3.63) is 47.5 Å². The molecule has 126 valence electrons. The molecule has 0 atom stereocenters. The van der Waals surface area contributed by atoms with E-state index < -0.39 is 11.5 Å². The number of hydrogen-bond donors (Lipinski definition) is 2. The summed E-state index contributed by atoms with van der Waals surface area (Å²) >= 11 is 0. The van der Waals surface area contributed by atoms with Crippen LogP contribution in [0.15, 0.2) is 36.4 Å². The van der Waals surface area contributed by atoms with Crippen molar-refractivity contribution in [2.24, 2.45) is 0 Å². The van der Waals surface area contributed by atoms with E-state index in [1.807, 2.05) is 0 Å². The van der Waals surface area contributed by atoms with Gasteiger partial charge in [0.2, 0.25) is 5.75 Å². The lowest BCUT2D eigenvalue weighted by atomic mass is 10.1. The van der Waals surface area contributed by atoms with Crippen molar-refractivity contribution in [1.82, 2.24) is 0 Å². The molecule has 0 bridgehead atoms. The van der Waals surface area contributed by atoms with E-state index in [0.717, 1.165) is 5.56 Å². The third-order valence-electron chi connectivity index (χ3n) is 3.39. The van der Waals surface area contributed by atoms with Crippen molar-refractivity contribution in [3.8, 4) is 28.7 Å². The normalized spacial score (nSPS) is 10.6. The molecule has 0 aliphatic rings. The van der Waals surface area contributed by atoms with Gasteiger partial charge in [-0.05, 0) is 35.9 Å². The van der Waals surface area contributed by atoms with E-state index in [1.165, 1.54) is 32.4 Å². The van der Waals surface area contributed by atoms with E-state index in [-0.39, 0.29) is 17.1 Å². The quantitative estimate of drug-likeness (QED) is 0.481. The van der Waals surface area contributed by atoms with E-state index in [1.54, 1.807) is 31.4 Å². The first-order valence-electron chi connectivity index (χ1n) is 7.04. The zero-order valence-corrected chi connectivity index (χ0v) is 13.6. The summed E-state index contributed by atoms with van der Waals surface area (Å²) in [5, 5.41) is 19.2. The molecule has 0 amide bonds. The van der Waals surface area contributed by atoms with Crippen molar-refractivity contribution in [2.45, 2.75) is 0 Å². The molecule has 2 aromatic carbocycles. The summed E-state index contributed by atoms with van der Waals surface area (Å²) in [6.45, 7) is 0. The van der Waals surface area contributed by atoms with Crippen LogP contribution < -0.4 is 14.2 Å². The standard InChI is InChI=1S/C18H18O6/c1-22-15-7-5-11(8-16(15)23-2)4-6-13(19)12-9-14(20)18(21)17(10-12)24-3/h4-10,20-21H,1-3H3. The SMILES string of the molecule is COc1ccc(C=CC(=O)c2cc(O)c(O)c(OC)c2)cc1OC. The highest BCUT2D eigenvalue weighted by atomic mass is 16.5. The largest absolute Gasteiger partial charge is 0.504 e. The number of phenolic OH excluding ortho intramolecular Hbond substituents is 2. The first-order chi connectivity index (χ1) is 11.5. The minimum Gasteiger partial charge on any atom is -0.504 e. The molecule has 0 aliphatic heterocycles. The lowest BCUT2D eigenvalue weighted by molar-refractivity contribution is 0.104. The van der Waals surface area contributed by atoms with Crippen LogP contribution in [0.2, 0.25) is 0 Å². The number of phenols is 2. The van der Waals surface area contributed by atoms with Crippen LogP contribution in [0.5, 0.6) is 28.7 Å². The molecule has 2 aromatic rings. The van der Waals surface area contributed by atoms with Crippen molar-refractivity contribution in [1.29, 1.82) is 0 Å². The lowest BCUT2D eigenvalue weighted by Gasteiger charge is -2.08. The Balaban J connectivity index is 2.26. The molecular formula is C18H18O6. The van der Waals surface area contributed by atoms with Gasteiger partial charge in [-0.25, -0.2) is 0 Å². The minimum absolute atomic E-state index is 0.0258. The molecule has 2 N–H and O–H groups in total. The van der Waals surface area contributed by atoms with Gasteiger partial charge < -0.3 is 24.4 Å². The highest BCUT2D eigenvalue weighted by molar-refractivity contribution is 6.07. The number of hydrogen-bond acceptors (Lipinski definition) is 6. The zero-order valence-electron chi connectivity index (χ0n) is 13.6. The summed E-state index contributed by atoms with van der Waals surface area (Å²) in [4.78, 5) is 12.2. The Morgan fingerprint density at radius 3 is 2.21 bits per heavy atom. The van der Waals surface area contributed by atoms with Crippen LogP contribution >= 0.6 is 0 Å². The number of benzene rings is 2. The Morgan fingerprint density at radius 1 is 0.917 bits per heavy atom. The Morgan fingerprint density at radius 2 is 1.58 bits per heavy atom. The van der Waals surface area contributed by atoms with Gasteiger partial charge in [0.05, 0.1) is 21.3 Å². The predicted molar refractivity (Wildman–Crippen MR) is 89.2 cm³/mol. The molecule has 24 heavy (non-hydrogen) atoms. The summed E-state index contributed by atoms with van der Waals surface area (Å²) in [5.74, 6) is -0.00314. The lowest BCUT2D eigenvalue weighted by Crippen LogP contribution is -1.96. The topological polar surface area (TPSA) is 85.2 Å². The van der Waals surface area contributed by atoms with Crippen molar-refractivity contribution < 1.29 is 29.2 Å². The number of carbonyl (C=O) groups excluding carboxylic acids is 1. The molecule has 0 spiro atoms. The summed E-state index contributed by atoms with van der Waals surface area (Å²) in [6, 6.07) is 7.78. The first-order valence-corrected chi connectivity index (χ1v) is 7.04. The second-order valence-corrected chi connectivity index (χ2v) is 4.86. The van der Waals surface area contributed by atoms with Crippen LogP contribution in [-0.2, 0) is 0 Å². The van der Waals surface area contributed by atoms with Crippen LogP contribution in [-0.4, -0.2) is 37.3 Å². The predicted octanol–water partition coefficient (Wildman–Crippen LogP) is 3.02. The molecule has 0 saturated heterocycles. The van der Waals surface area contributed by atoms with Gasteiger partial charge in [-0.2, -0.15) is 0 Å². The van der Waals surface area contributed by atoms with Crippen molar-refractivity contribution in [3.63, 3.8) is 0 Å².